The van der Waals surface area contributed by atoms with Crippen LogP contribution < -0.4 is 27.4 Å². The Kier molecular flexibility index (Phi) is 10.9. The molecule has 0 aliphatic carbocycles. The Morgan fingerprint density at radius 2 is 1.34 bits per heavy atom. The van der Waals surface area contributed by atoms with Gasteiger partial charge in [-0.1, -0.05) is 13.8 Å². The highest BCUT2D eigenvalue weighted by molar-refractivity contribution is 5.96. The van der Waals surface area contributed by atoms with Crippen molar-refractivity contribution >= 4 is 35.6 Å². The second kappa shape index (κ2) is 12.3. The topological polar surface area (TPSA) is 231 Å². The number of nitrogens with one attached hydrogen (secondary N) is 3. The van der Waals surface area contributed by atoms with E-state index in [4.69, 9.17) is 21.7 Å². The highest BCUT2D eigenvalue weighted by atomic mass is 16.4. The SMILES string of the molecule is CC(C)CC(NC(=O)C(CC(N)=O)NC(=O)CN)C(=O)NC(CC(=O)O)C(=O)O. The molecular formula is C16H27N5O8. The Labute approximate surface area is 166 Å². The largest absolute Gasteiger partial charge is 0.481 e. The van der Waals surface area contributed by atoms with Gasteiger partial charge in [0.15, 0.2) is 0 Å². The van der Waals surface area contributed by atoms with Gasteiger partial charge in [0.05, 0.1) is 19.4 Å². The van der Waals surface area contributed by atoms with Crippen molar-refractivity contribution in [1.82, 2.24) is 16.0 Å². The van der Waals surface area contributed by atoms with E-state index in [0.717, 1.165) is 0 Å². The second-order valence-corrected chi connectivity index (χ2v) is 6.68. The molecule has 0 radical (unpaired) electrons. The van der Waals surface area contributed by atoms with Gasteiger partial charge in [0.2, 0.25) is 23.6 Å². The zero-order valence-corrected chi connectivity index (χ0v) is 16.1. The van der Waals surface area contributed by atoms with Crippen molar-refractivity contribution in [3.63, 3.8) is 0 Å². The van der Waals surface area contributed by atoms with E-state index >= 15 is 0 Å². The molecule has 0 aliphatic rings. The summed E-state index contributed by atoms with van der Waals surface area (Å²) in [5.41, 5.74) is 10.2. The van der Waals surface area contributed by atoms with Crippen LogP contribution in [0.5, 0.6) is 0 Å². The molecule has 0 heterocycles. The summed E-state index contributed by atoms with van der Waals surface area (Å²) >= 11 is 0. The van der Waals surface area contributed by atoms with Crippen LogP contribution in [0.1, 0.15) is 33.1 Å². The third-order valence-corrected chi connectivity index (χ3v) is 3.58. The summed E-state index contributed by atoms with van der Waals surface area (Å²) in [5.74, 6) is -6.57. The van der Waals surface area contributed by atoms with Gasteiger partial charge in [-0.05, 0) is 12.3 Å². The summed E-state index contributed by atoms with van der Waals surface area (Å²) in [6.07, 6.45) is -1.34. The zero-order valence-electron chi connectivity index (χ0n) is 16.1. The molecule has 0 aromatic rings. The van der Waals surface area contributed by atoms with Crippen molar-refractivity contribution in [3.05, 3.63) is 0 Å². The number of hydrogen-bond donors (Lipinski definition) is 7. The summed E-state index contributed by atoms with van der Waals surface area (Å²) in [7, 11) is 0. The van der Waals surface area contributed by atoms with Crippen LogP contribution in [-0.2, 0) is 28.8 Å². The van der Waals surface area contributed by atoms with Crippen LogP contribution in [0.25, 0.3) is 0 Å². The van der Waals surface area contributed by atoms with E-state index < -0.39 is 73.1 Å². The van der Waals surface area contributed by atoms with Crippen LogP contribution in [0, 0.1) is 5.92 Å². The minimum atomic E-state index is -1.70. The van der Waals surface area contributed by atoms with E-state index in [1.165, 1.54) is 0 Å². The third-order valence-electron chi connectivity index (χ3n) is 3.58. The van der Waals surface area contributed by atoms with Crippen molar-refractivity contribution < 1.29 is 39.0 Å². The fourth-order valence-corrected chi connectivity index (χ4v) is 2.29. The van der Waals surface area contributed by atoms with Gasteiger partial charge >= 0.3 is 11.9 Å². The number of carbonyl (C=O) groups excluding carboxylic acids is 4. The van der Waals surface area contributed by atoms with Crippen molar-refractivity contribution in [2.24, 2.45) is 17.4 Å². The van der Waals surface area contributed by atoms with Gasteiger partial charge in [-0.2, -0.15) is 0 Å². The standard InChI is InChI=1S/C16H27N5O8/c1-7(2)3-8(14(26)21-10(16(28)29)5-13(24)25)20-15(27)9(4-11(18)22)19-12(23)6-17/h7-10H,3-6,17H2,1-2H3,(H2,18,22)(H,19,23)(H,20,27)(H,21,26)(H,24,25)(H,28,29). The van der Waals surface area contributed by atoms with Gasteiger partial charge in [0, 0.05) is 0 Å². The number of rotatable bonds is 13. The molecule has 0 aliphatic heterocycles. The number of nitrogens with two attached hydrogens (primary N) is 2. The zero-order chi connectivity index (χ0) is 22.7. The molecular weight excluding hydrogens is 390 g/mol. The molecule has 0 aromatic carbocycles. The lowest BCUT2D eigenvalue weighted by molar-refractivity contribution is -0.147. The van der Waals surface area contributed by atoms with E-state index in [1.54, 1.807) is 13.8 Å². The fraction of sp³-hybridized carbons (Fsp3) is 0.625. The van der Waals surface area contributed by atoms with Gasteiger partial charge in [-0.25, -0.2) is 4.79 Å². The van der Waals surface area contributed by atoms with Crippen molar-refractivity contribution in [2.75, 3.05) is 6.54 Å². The molecule has 0 saturated carbocycles. The Hall–Kier alpha value is -3.22. The minimum absolute atomic E-state index is 0.0745. The van der Waals surface area contributed by atoms with E-state index in [0.29, 0.717) is 0 Å². The van der Waals surface area contributed by atoms with E-state index in [9.17, 15) is 28.8 Å². The van der Waals surface area contributed by atoms with E-state index in [1.807, 2.05) is 0 Å². The van der Waals surface area contributed by atoms with Crippen LogP contribution in [0.15, 0.2) is 0 Å². The van der Waals surface area contributed by atoms with Crippen LogP contribution in [0.3, 0.4) is 0 Å². The molecule has 0 saturated heterocycles. The number of hydrogen-bond acceptors (Lipinski definition) is 7. The summed E-state index contributed by atoms with van der Waals surface area (Å²) in [4.78, 5) is 69.4. The predicted molar refractivity (Wildman–Crippen MR) is 98.0 cm³/mol. The van der Waals surface area contributed by atoms with Gasteiger partial charge in [-0.3, -0.25) is 24.0 Å². The highest BCUT2D eigenvalue weighted by Crippen LogP contribution is 2.07. The maximum atomic E-state index is 12.5. The lowest BCUT2D eigenvalue weighted by Gasteiger charge is -2.24. The summed E-state index contributed by atoms with van der Waals surface area (Å²) < 4.78 is 0. The molecule has 29 heavy (non-hydrogen) atoms. The molecule has 0 fully saturated rings. The predicted octanol–water partition coefficient (Wildman–Crippen LogP) is -3.12. The molecule has 0 bridgehead atoms. The van der Waals surface area contributed by atoms with Gasteiger partial charge in [0.25, 0.3) is 0 Å². The molecule has 3 unspecified atom stereocenters. The Morgan fingerprint density at radius 1 is 0.828 bits per heavy atom. The Bertz CT molecular complexity index is 651. The first kappa shape index (κ1) is 25.8. The number of aliphatic carboxylic acids is 2. The van der Waals surface area contributed by atoms with Crippen LogP contribution in [0.4, 0.5) is 0 Å². The lowest BCUT2D eigenvalue weighted by atomic mass is 10.0. The van der Waals surface area contributed by atoms with Crippen LogP contribution in [0.2, 0.25) is 0 Å². The first-order chi connectivity index (χ1) is 13.4. The molecule has 164 valence electrons. The first-order valence-electron chi connectivity index (χ1n) is 8.70. The van der Waals surface area contributed by atoms with Crippen LogP contribution in [-0.4, -0.2) is 70.5 Å². The summed E-state index contributed by atoms with van der Waals surface area (Å²) in [6.45, 7) is 3.01. The normalized spacial score (nSPS) is 13.7. The number of carboxylic acid groups (broad SMARTS) is 2. The molecule has 13 heteroatoms. The molecule has 9 N–H and O–H groups in total. The van der Waals surface area contributed by atoms with Crippen molar-refractivity contribution in [3.8, 4) is 0 Å². The number of amides is 4. The first-order valence-corrected chi connectivity index (χ1v) is 8.70. The maximum Gasteiger partial charge on any atom is 0.326 e. The van der Waals surface area contributed by atoms with E-state index in [-0.39, 0.29) is 12.3 Å². The molecule has 4 amide bonds. The van der Waals surface area contributed by atoms with Gasteiger partial charge in [-0.15, -0.1) is 0 Å². The van der Waals surface area contributed by atoms with Crippen molar-refractivity contribution in [2.45, 2.75) is 51.2 Å². The Morgan fingerprint density at radius 3 is 1.76 bits per heavy atom. The Balaban J connectivity index is 5.41. The molecule has 13 nitrogen and oxygen atoms in total. The van der Waals surface area contributed by atoms with Crippen LogP contribution >= 0.6 is 0 Å². The minimum Gasteiger partial charge on any atom is -0.481 e. The average molecular weight is 417 g/mol. The molecule has 0 aromatic heterocycles. The lowest BCUT2D eigenvalue weighted by Crippen LogP contribution is -2.57. The van der Waals surface area contributed by atoms with Gasteiger partial charge < -0.3 is 37.6 Å². The number of primary amides is 1. The summed E-state index contributed by atoms with van der Waals surface area (Å²) in [6, 6.07) is -4.34. The maximum absolute atomic E-state index is 12.5. The third kappa shape index (κ3) is 10.6. The smallest absolute Gasteiger partial charge is 0.326 e. The fourth-order valence-electron chi connectivity index (χ4n) is 2.29. The molecule has 0 spiro atoms. The highest BCUT2D eigenvalue weighted by Gasteiger charge is 2.31. The molecule has 3 atom stereocenters. The summed E-state index contributed by atoms with van der Waals surface area (Å²) in [5, 5.41) is 24.4. The van der Waals surface area contributed by atoms with E-state index in [2.05, 4.69) is 16.0 Å². The average Bonchev–Trinajstić information content (AvgIpc) is 2.58. The number of carbonyl (C=O) groups is 6. The quantitative estimate of drug-likeness (QED) is 0.160. The second-order valence-electron chi connectivity index (χ2n) is 6.68. The monoisotopic (exact) mass is 417 g/mol. The van der Waals surface area contributed by atoms with Crippen molar-refractivity contribution in [1.29, 1.82) is 0 Å². The number of carboxylic acids is 2. The van der Waals surface area contributed by atoms with Gasteiger partial charge in [0.1, 0.15) is 18.1 Å². The molecule has 0 rings (SSSR count).